The number of aromatic nitrogens is 2. The minimum absolute atomic E-state index is 0.260. The summed E-state index contributed by atoms with van der Waals surface area (Å²) in [4.78, 5) is 21.0. The van der Waals surface area contributed by atoms with E-state index in [0.29, 0.717) is 40.9 Å². The maximum absolute atomic E-state index is 12.5. The van der Waals surface area contributed by atoms with Gasteiger partial charge in [0.2, 0.25) is 0 Å². The molecule has 0 spiro atoms. The second-order valence-corrected chi connectivity index (χ2v) is 6.54. The van der Waals surface area contributed by atoms with Gasteiger partial charge in [0, 0.05) is 17.6 Å². The Labute approximate surface area is 168 Å². The molecular weight excluding hydrogens is 374 g/mol. The van der Waals surface area contributed by atoms with Crippen LogP contribution in [0.4, 0.5) is 11.5 Å². The summed E-state index contributed by atoms with van der Waals surface area (Å²) < 4.78 is 0. The molecule has 0 aliphatic carbocycles. The molecule has 3 aromatic rings. The van der Waals surface area contributed by atoms with Crippen molar-refractivity contribution in [3.8, 4) is 6.07 Å². The molecule has 0 saturated carbocycles. The Bertz CT molecular complexity index is 1040. The van der Waals surface area contributed by atoms with Crippen molar-refractivity contribution in [3.63, 3.8) is 0 Å². The van der Waals surface area contributed by atoms with Crippen LogP contribution < -0.4 is 10.6 Å². The van der Waals surface area contributed by atoms with E-state index in [0.717, 1.165) is 5.56 Å². The van der Waals surface area contributed by atoms with E-state index in [4.69, 9.17) is 11.6 Å². The Balaban J connectivity index is 1.68. The van der Waals surface area contributed by atoms with Crippen molar-refractivity contribution in [2.45, 2.75) is 13.3 Å². The zero-order valence-corrected chi connectivity index (χ0v) is 16.0. The quantitative estimate of drug-likeness (QED) is 0.662. The Kier molecular flexibility index (Phi) is 6.20. The van der Waals surface area contributed by atoms with Crippen molar-refractivity contribution in [1.82, 2.24) is 15.3 Å². The van der Waals surface area contributed by atoms with E-state index in [1.165, 1.54) is 0 Å². The highest BCUT2D eigenvalue weighted by Gasteiger charge is 2.11. The summed E-state index contributed by atoms with van der Waals surface area (Å²) in [5.74, 6) is 0.624. The average molecular weight is 392 g/mol. The van der Waals surface area contributed by atoms with E-state index >= 15 is 0 Å². The topological polar surface area (TPSA) is 90.7 Å². The fourth-order valence-electron chi connectivity index (χ4n) is 2.68. The van der Waals surface area contributed by atoms with E-state index in [1.807, 2.05) is 30.3 Å². The van der Waals surface area contributed by atoms with Crippen LogP contribution in [-0.2, 0) is 6.42 Å². The number of amides is 1. The number of rotatable bonds is 6. The molecule has 0 unspecified atom stereocenters. The first-order valence-corrected chi connectivity index (χ1v) is 9.07. The normalized spacial score (nSPS) is 10.2. The Hall–Kier alpha value is -3.43. The number of benzene rings is 2. The average Bonchev–Trinajstić information content (AvgIpc) is 2.68. The molecule has 0 radical (unpaired) electrons. The first kappa shape index (κ1) is 19.3. The maximum Gasteiger partial charge on any atom is 0.270 e. The largest absolute Gasteiger partial charge is 0.350 e. The molecule has 1 heterocycles. The van der Waals surface area contributed by atoms with Crippen molar-refractivity contribution >= 4 is 29.0 Å². The lowest BCUT2D eigenvalue weighted by Gasteiger charge is -2.10. The van der Waals surface area contributed by atoms with Gasteiger partial charge < -0.3 is 10.6 Å². The highest BCUT2D eigenvalue weighted by Crippen LogP contribution is 2.19. The second-order valence-electron chi connectivity index (χ2n) is 6.10. The minimum atomic E-state index is -0.288. The number of anilines is 2. The molecule has 2 aromatic carbocycles. The molecule has 3 rings (SSSR count). The number of carbonyl (C=O) groups is 1. The van der Waals surface area contributed by atoms with E-state index in [-0.39, 0.29) is 11.6 Å². The summed E-state index contributed by atoms with van der Waals surface area (Å²) in [5, 5.41) is 15.8. The zero-order chi connectivity index (χ0) is 19.9. The number of para-hydroxylation sites is 1. The Morgan fingerprint density at radius 2 is 1.96 bits per heavy atom. The molecule has 0 bridgehead atoms. The number of nitrogens with zero attached hydrogens (tertiary/aromatic N) is 3. The molecule has 0 aliphatic rings. The number of hydrogen-bond donors (Lipinski definition) is 2. The fraction of sp³-hybridized carbons (Fsp3) is 0.143. The van der Waals surface area contributed by atoms with Crippen molar-refractivity contribution in [3.05, 3.63) is 82.3 Å². The summed E-state index contributed by atoms with van der Waals surface area (Å²) in [6.45, 7) is 2.17. The number of aryl methyl sites for hydroxylation is 1. The van der Waals surface area contributed by atoms with Crippen LogP contribution in [-0.4, -0.2) is 22.4 Å². The van der Waals surface area contributed by atoms with Crippen LogP contribution in [0.25, 0.3) is 0 Å². The molecule has 1 amide bonds. The first-order valence-electron chi connectivity index (χ1n) is 8.69. The van der Waals surface area contributed by atoms with Gasteiger partial charge in [0.15, 0.2) is 0 Å². The van der Waals surface area contributed by atoms with Crippen LogP contribution in [0.5, 0.6) is 0 Å². The van der Waals surface area contributed by atoms with Crippen LogP contribution in [0.2, 0.25) is 5.02 Å². The van der Waals surface area contributed by atoms with Crippen molar-refractivity contribution < 1.29 is 4.79 Å². The molecule has 2 N–H and O–H groups in total. The van der Waals surface area contributed by atoms with Gasteiger partial charge in [-0.2, -0.15) is 5.26 Å². The summed E-state index contributed by atoms with van der Waals surface area (Å²) in [6.07, 6.45) is 0.664. The highest BCUT2D eigenvalue weighted by atomic mass is 35.5. The van der Waals surface area contributed by atoms with Crippen LogP contribution in [0.1, 0.15) is 27.4 Å². The van der Waals surface area contributed by atoms with Gasteiger partial charge in [-0.15, -0.1) is 0 Å². The fourth-order valence-corrected chi connectivity index (χ4v) is 2.89. The van der Waals surface area contributed by atoms with Gasteiger partial charge in [0.1, 0.15) is 23.4 Å². The van der Waals surface area contributed by atoms with Gasteiger partial charge >= 0.3 is 0 Å². The molecule has 0 atom stereocenters. The van der Waals surface area contributed by atoms with E-state index in [1.54, 1.807) is 31.2 Å². The SMILES string of the molecule is Cc1nc(Nc2ccccc2C#N)cc(C(=O)NCCc2cccc(Cl)c2)n1. The van der Waals surface area contributed by atoms with Crippen LogP contribution in [0, 0.1) is 18.3 Å². The minimum Gasteiger partial charge on any atom is -0.350 e. The monoisotopic (exact) mass is 391 g/mol. The number of nitriles is 1. The third-order valence-electron chi connectivity index (χ3n) is 3.97. The van der Waals surface area contributed by atoms with E-state index in [2.05, 4.69) is 26.7 Å². The van der Waals surface area contributed by atoms with Crippen LogP contribution in [0.15, 0.2) is 54.6 Å². The van der Waals surface area contributed by atoms with Gasteiger partial charge in [0.05, 0.1) is 11.3 Å². The van der Waals surface area contributed by atoms with Crippen molar-refractivity contribution in [2.75, 3.05) is 11.9 Å². The predicted molar refractivity (Wildman–Crippen MR) is 109 cm³/mol. The zero-order valence-electron chi connectivity index (χ0n) is 15.2. The molecule has 6 nitrogen and oxygen atoms in total. The summed E-state index contributed by atoms with van der Waals surface area (Å²) in [7, 11) is 0. The molecule has 0 fully saturated rings. The van der Waals surface area contributed by atoms with Gasteiger partial charge in [0.25, 0.3) is 5.91 Å². The number of halogens is 1. The number of carbonyl (C=O) groups excluding carboxylic acids is 1. The molecular formula is C21H18ClN5O. The predicted octanol–water partition coefficient (Wildman–Crippen LogP) is 4.03. The molecule has 140 valence electrons. The van der Waals surface area contributed by atoms with Crippen LogP contribution in [0.3, 0.4) is 0 Å². The summed E-state index contributed by atoms with van der Waals surface area (Å²) in [6, 6.07) is 18.3. The second kappa shape index (κ2) is 8.98. The van der Waals surface area contributed by atoms with Gasteiger partial charge in [-0.05, 0) is 43.2 Å². The van der Waals surface area contributed by atoms with E-state index in [9.17, 15) is 10.1 Å². The van der Waals surface area contributed by atoms with Gasteiger partial charge in [-0.25, -0.2) is 9.97 Å². The van der Waals surface area contributed by atoms with Gasteiger partial charge in [-0.3, -0.25) is 4.79 Å². The standard InChI is InChI=1S/C21H18ClN5O/c1-14-25-19(21(28)24-10-9-15-5-4-7-17(22)11-15)12-20(26-14)27-18-8-3-2-6-16(18)13-23/h2-8,11-12H,9-10H2,1H3,(H,24,28)(H,25,26,27). The maximum atomic E-state index is 12.5. The molecule has 7 heteroatoms. The van der Waals surface area contributed by atoms with Gasteiger partial charge in [-0.1, -0.05) is 35.9 Å². The van der Waals surface area contributed by atoms with Crippen molar-refractivity contribution in [2.24, 2.45) is 0 Å². The third kappa shape index (κ3) is 5.06. The number of nitrogens with one attached hydrogen (secondary N) is 2. The lowest BCUT2D eigenvalue weighted by molar-refractivity contribution is 0.0949. The summed E-state index contributed by atoms with van der Waals surface area (Å²) in [5.41, 5.74) is 2.42. The first-order chi connectivity index (χ1) is 13.5. The molecule has 0 saturated heterocycles. The highest BCUT2D eigenvalue weighted by molar-refractivity contribution is 6.30. The lowest BCUT2D eigenvalue weighted by atomic mass is 10.1. The van der Waals surface area contributed by atoms with Crippen LogP contribution >= 0.6 is 11.6 Å². The third-order valence-corrected chi connectivity index (χ3v) is 4.20. The molecule has 28 heavy (non-hydrogen) atoms. The smallest absolute Gasteiger partial charge is 0.270 e. The molecule has 1 aromatic heterocycles. The molecule has 0 aliphatic heterocycles. The number of hydrogen-bond acceptors (Lipinski definition) is 5. The van der Waals surface area contributed by atoms with Crippen molar-refractivity contribution in [1.29, 1.82) is 5.26 Å². The van der Waals surface area contributed by atoms with E-state index < -0.39 is 0 Å². The Morgan fingerprint density at radius 3 is 2.75 bits per heavy atom. The lowest BCUT2D eigenvalue weighted by Crippen LogP contribution is -2.27. The summed E-state index contributed by atoms with van der Waals surface area (Å²) >= 11 is 5.97. The Morgan fingerprint density at radius 1 is 1.14 bits per heavy atom.